The first kappa shape index (κ1) is 11.9. The summed E-state index contributed by atoms with van der Waals surface area (Å²) in [5.41, 5.74) is 2.62. The predicted octanol–water partition coefficient (Wildman–Crippen LogP) is 1.56. The van der Waals surface area contributed by atoms with Crippen LogP contribution >= 0.6 is 0 Å². The number of nitrogens with one attached hydrogen (secondary N) is 1. The van der Waals surface area contributed by atoms with Gasteiger partial charge in [-0.3, -0.25) is 4.98 Å². The van der Waals surface area contributed by atoms with Crippen LogP contribution in [-0.2, 0) is 11.3 Å². The molecule has 0 bridgehead atoms. The van der Waals surface area contributed by atoms with Gasteiger partial charge in [0.25, 0.3) is 0 Å². The van der Waals surface area contributed by atoms with Gasteiger partial charge in [0.05, 0.1) is 24.6 Å². The zero-order chi connectivity index (χ0) is 12.4. The van der Waals surface area contributed by atoms with Crippen LogP contribution in [0.1, 0.15) is 25.3 Å². The Morgan fingerprint density at radius 2 is 2.39 bits per heavy atom. The molecule has 0 aromatic carbocycles. The van der Waals surface area contributed by atoms with Crippen molar-refractivity contribution in [3.05, 3.63) is 24.0 Å². The van der Waals surface area contributed by atoms with Crippen LogP contribution in [0.25, 0.3) is 0 Å². The molecule has 2 aliphatic rings. The second-order valence-electron chi connectivity index (χ2n) is 5.29. The number of hydrogen-bond acceptors (Lipinski definition) is 4. The van der Waals surface area contributed by atoms with Crippen molar-refractivity contribution in [1.29, 1.82) is 0 Å². The van der Waals surface area contributed by atoms with E-state index in [4.69, 9.17) is 4.74 Å². The lowest BCUT2D eigenvalue weighted by molar-refractivity contribution is 0.0531. The highest BCUT2D eigenvalue weighted by Gasteiger charge is 2.22. The van der Waals surface area contributed by atoms with E-state index in [1.165, 1.54) is 24.1 Å². The summed E-state index contributed by atoms with van der Waals surface area (Å²) in [6.45, 7) is 5.82. The van der Waals surface area contributed by atoms with Crippen molar-refractivity contribution in [1.82, 2.24) is 10.3 Å². The molecule has 1 aromatic heterocycles. The SMILES string of the molecule is CC1CN(c2cnccc2CNC2CC2)CCO1. The molecular formula is C14H21N3O. The van der Waals surface area contributed by atoms with Crippen LogP contribution in [0.4, 0.5) is 5.69 Å². The van der Waals surface area contributed by atoms with Crippen LogP contribution in [0.3, 0.4) is 0 Å². The highest BCUT2D eigenvalue weighted by molar-refractivity contribution is 5.52. The molecule has 0 radical (unpaired) electrons. The van der Waals surface area contributed by atoms with Gasteiger partial charge in [-0.05, 0) is 31.4 Å². The molecule has 1 saturated heterocycles. The van der Waals surface area contributed by atoms with Crippen LogP contribution < -0.4 is 10.2 Å². The normalized spacial score (nSPS) is 24.3. The maximum Gasteiger partial charge on any atom is 0.0722 e. The fourth-order valence-corrected chi connectivity index (χ4v) is 2.43. The van der Waals surface area contributed by atoms with Gasteiger partial charge in [-0.1, -0.05) is 0 Å². The van der Waals surface area contributed by atoms with Gasteiger partial charge in [0.2, 0.25) is 0 Å². The van der Waals surface area contributed by atoms with Gasteiger partial charge in [-0.2, -0.15) is 0 Å². The standard InChI is InChI=1S/C14H21N3O/c1-11-10-17(6-7-18-11)14-9-15-5-4-12(14)8-16-13-2-3-13/h4-5,9,11,13,16H,2-3,6-8,10H2,1H3. The van der Waals surface area contributed by atoms with Crippen LogP contribution in [0.5, 0.6) is 0 Å². The molecule has 1 aromatic rings. The van der Waals surface area contributed by atoms with Crippen LogP contribution in [0.15, 0.2) is 18.5 Å². The van der Waals surface area contributed by atoms with Crippen LogP contribution in [0, 0.1) is 0 Å². The minimum atomic E-state index is 0.309. The lowest BCUT2D eigenvalue weighted by Gasteiger charge is -2.34. The molecule has 0 spiro atoms. The second-order valence-corrected chi connectivity index (χ2v) is 5.29. The van der Waals surface area contributed by atoms with Gasteiger partial charge >= 0.3 is 0 Å². The summed E-state index contributed by atoms with van der Waals surface area (Å²) in [4.78, 5) is 6.67. The van der Waals surface area contributed by atoms with Crippen molar-refractivity contribution in [2.45, 2.75) is 38.5 Å². The first-order chi connectivity index (χ1) is 8.83. The number of nitrogens with zero attached hydrogens (tertiary/aromatic N) is 2. The molecule has 2 heterocycles. The molecule has 3 rings (SSSR count). The summed E-state index contributed by atoms with van der Waals surface area (Å²) in [6.07, 6.45) is 6.84. The summed E-state index contributed by atoms with van der Waals surface area (Å²) < 4.78 is 5.60. The van der Waals surface area contributed by atoms with E-state index in [0.29, 0.717) is 6.10 Å². The number of ether oxygens (including phenoxy) is 1. The molecule has 1 N–H and O–H groups in total. The van der Waals surface area contributed by atoms with E-state index in [0.717, 1.165) is 32.3 Å². The van der Waals surface area contributed by atoms with Gasteiger partial charge in [0.15, 0.2) is 0 Å². The quantitative estimate of drug-likeness (QED) is 0.876. The van der Waals surface area contributed by atoms with Gasteiger partial charge < -0.3 is 15.0 Å². The third kappa shape index (κ3) is 2.82. The number of rotatable bonds is 4. The van der Waals surface area contributed by atoms with E-state index in [-0.39, 0.29) is 0 Å². The Morgan fingerprint density at radius 1 is 1.50 bits per heavy atom. The molecule has 1 unspecified atom stereocenters. The lowest BCUT2D eigenvalue weighted by atomic mass is 10.1. The molecule has 1 aliphatic heterocycles. The van der Waals surface area contributed by atoms with Gasteiger partial charge in [0.1, 0.15) is 0 Å². The van der Waals surface area contributed by atoms with E-state index in [1.807, 2.05) is 12.4 Å². The van der Waals surface area contributed by atoms with Crippen LogP contribution in [0.2, 0.25) is 0 Å². The van der Waals surface area contributed by atoms with Crippen molar-refractivity contribution in [3.63, 3.8) is 0 Å². The van der Waals surface area contributed by atoms with Gasteiger partial charge in [0, 0.05) is 31.9 Å². The molecule has 4 nitrogen and oxygen atoms in total. The first-order valence-electron chi connectivity index (χ1n) is 6.86. The number of morpholine rings is 1. The predicted molar refractivity (Wildman–Crippen MR) is 71.7 cm³/mol. The molecule has 2 fully saturated rings. The number of pyridine rings is 1. The lowest BCUT2D eigenvalue weighted by Crippen LogP contribution is -2.41. The van der Waals surface area contributed by atoms with E-state index in [1.54, 1.807) is 0 Å². The molecule has 0 amide bonds. The fraction of sp³-hybridized carbons (Fsp3) is 0.643. The Hall–Kier alpha value is -1.13. The number of aromatic nitrogens is 1. The van der Waals surface area contributed by atoms with E-state index in [9.17, 15) is 0 Å². The zero-order valence-electron chi connectivity index (χ0n) is 10.9. The highest BCUT2D eigenvalue weighted by Crippen LogP contribution is 2.24. The van der Waals surface area contributed by atoms with E-state index >= 15 is 0 Å². The molecule has 1 atom stereocenters. The van der Waals surface area contributed by atoms with Gasteiger partial charge in [-0.25, -0.2) is 0 Å². The molecule has 98 valence electrons. The summed E-state index contributed by atoms with van der Waals surface area (Å²) in [7, 11) is 0. The number of hydrogen-bond donors (Lipinski definition) is 1. The summed E-state index contributed by atoms with van der Waals surface area (Å²) >= 11 is 0. The Balaban J connectivity index is 1.72. The Bertz CT molecular complexity index is 406. The molecular weight excluding hydrogens is 226 g/mol. The Kier molecular flexibility index (Phi) is 3.48. The third-order valence-electron chi connectivity index (χ3n) is 3.63. The Morgan fingerprint density at radius 3 is 3.17 bits per heavy atom. The monoisotopic (exact) mass is 247 g/mol. The average Bonchev–Trinajstić information content (AvgIpc) is 3.21. The van der Waals surface area contributed by atoms with Crippen molar-refractivity contribution in [2.24, 2.45) is 0 Å². The minimum Gasteiger partial charge on any atom is -0.375 e. The Labute approximate surface area is 108 Å². The second kappa shape index (κ2) is 5.24. The molecule has 4 heteroatoms. The van der Waals surface area contributed by atoms with E-state index < -0.39 is 0 Å². The van der Waals surface area contributed by atoms with Crippen molar-refractivity contribution in [3.8, 4) is 0 Å². The van der Waals surface area contributed by atoms with Crippen molar-refractivity contribution >= 4 is 5.69 Å². The molecule has 1 saturated carbocycles. The largest absolute Gasteiger partial charge is 0.375 e. The number of anilines is 1. The van der Waals surface area contributed by atoms with Crippen molar-refractivity contribution in [2.75, 3.05) is 24.6 Å². The maximum atomic E-state index is 5.60. The van der Waals surface area contributed by atoms with Crippen LogP contribution in [-0.4, -0.2) is 36.8 Å². The smallest absolute Gasteiger partial charge is 0.0722 e. The topological polar surface area (TPSA) is 37.4 Å². The molecule has 18 heavy (non-hydrogen) atoms. The summed E-state index contributed by atoms with van der Waals surface area (Å²) in [5.74, 6) is 0. The maximum absolute atomic E-state index is 5.60. The first-order valence-corrected chi connectivity index (χ1v) is 6.86. The summed E-state index contributed by atoms with van der Waals surface area (Å²) in [6, 6.07) is 2.87. The van der Waals surface area contributed by atoms with Gasteiger partial charge in [-0.15, -0.1) is 0 Å². The molecule has 1 aliphatic carbocycles. The minimum absolute atomic E-state index is 0.309. The van der Waals surface area contributed by atoms with Crippen molar-refractivity contribution < 1.29 is 4.74 Å². The average molecular weight is 247 g/mol. The highest BCUT2D eigenvalue weighted by atomic mass is 16.5. The third-order valence-corrected chi connectivity index (χ3v) is 3.63. The summed E-state index contributed by atoms with van der Waals surface area (Å²) in [5, 5.41) is 3.58. The van der Waals surface area contributed by atoms with E-state index in [2.05, 4.69) is 28.2 Å². The zero-order valence-corrected chi connectivity index (χ0v) is 10.9. The fourth-order valence-electron chi connectivity index (χ4n) is 2.43.